The monoisotopic (exact) mass is 239 g/mol. The summed E-state index contributed by atoms with van der Waals surface area (Å²) in [6.07, 6.45) is -1.39. The minimum atomic E-state index is -2.68. The second-order valence-electron chi connectivity index (χ2n) is 2.12. The van der Waals surface area contributed by atoms with Crippen molar-refractivity contribution in [2.45, 2.75) is 13.1 Å². The van der Waals surface area contributed by atoms with Crippen LogP contribution in [0.1, 0.15) is 17.7 Å². The standard InChI is InChI=1S/C7H5BrF3N/c8-4-1-5(7(10)11)6(2-9)12-3-4/h1,3,7H,2H2. The van der Waals surface area contributed by atoms with E-state index in [0.717, 1.165) is 0 Å². The Bertz CT molecular complexity index is 277. The van der Waals surface area contributed by atoms with E-state index in [1.54, 1.807) is 0 Å². The Morgan fingerprint density at radius 1 is 1.50 bits per heavy atom. The van der Waals surface area contributed by atoms with E-state index in [2.05, 4.69) is 20.9 Å². The maximum absolute atomic E-state index is 12.2. The van der Waals surface area contributed by atoms with E-state index in [1.807, 2.05) is 0 Å². The van der Waals surface area contributed by atoms with Crippen LogP contribution < -0.4 is 0 Å². The summed E-state index contributed by atoms with van der Waals surface area (Å²) in [5.41, 5.74) is -0.555. The molecular weight excluding hydrogens is 235 g/mol. The highest BCUT2D eigenvalue weighted by atomic mass is 79.9. The lowest BCUT2D eigenvalue weighted by Gasteiger charge is -2.03. The van der Waals surface area contributed by atoms with Crippen molar-refractivity contribution in [3.63, 3.8) is 0 Å². The molecule has 0 radical (unpaired) electrons. The number of halogens is 4. The molecule has 0 fully saturated rings. The molecule has 0 saturated heterocycles. The van der Waals surface area contributed by atoms with Crippen LogP contribution in [0.3, 0.4) is 0 Å². The second kappa shape index (κ2) is 3.89. The third kappa shape index (κ3) is 1.97. The molecule has 0 N–H and O–H groups in total. The summed E-state index contributed by atoms with van der Waals surface area (Å²) in [5, 5.41) is 0. The molecule has 5 heteroatoms. The lowest BCUT2D eigenvalue weighted by atomic mass is 10.2. The fraction of sp³-hybridized carbons (Fsp3) is 0.286. The highest BCUT2D eigenvalue weighted by Gasteiger charge is 2.13. The third-order valence-electron chi connectivity index (χ3n) is 1.33. The largest absolute Gasteiger partial charge is 0.265 e. The smallest absolute Gasteiger partial charge is 0.257 e. The summed E-state index contributed by atoms with van der Waals surface area (Å²) >= 11 is 2.98. The first-order valence-corrected chi connectivity index (χ1v) is 3.93. The van der Waals surface area contributed by atoms with Gasteiger partial charge in [0.2, 0.25) is 0 Å². The van der Waals surface area contributed by atoms with Gasteiger partial charge in [-0.05, 0) is 22.0 Å². The molecule has 0 spiro atoms. The summed E-state index contributed by atoms with van der Waals surface area (Å²) in [4.78, 5) is 3.52. The van der Waals surface area contributed by atoms with Gasteiger partial charge in [0, 0.05) is 16.2 Å². The molecule has 1 aromatic heterocycles. The predicted molar refractivity (Wildman–Crippen MR) is 41.7 cm³/mol. The van der Waals surface area contributed by atoms with Gasteiger partial charge in [-0.1, -0.05) is 0 Å². The topological polar surface area (TPSA) is 12.9 Å². The number of alkyl halides is 3. The van der Waals surface area contributed by atoms with E-state index in [9.17, 15) is 13.2 Å². The normalized spacial score (nSPS) is 10.8. The molecular formula is C7H5BrF3N. The van der Waals surface area contributed by atoms with Gasteiger partial charge < -0.3 is 0 Å². The molecule has 66 valence electrons. The molecule has 0 amide bonds. The first kappa shape index (κ1) is 9.51. The quantitative estimate of drug-likeness (QED) is 0.773. The molecule has 12 heavy (non-hydrogen) atoms. The van der Waals surface area contributed by atoms with Crippen LogP contribution in [0.25, 0.3) is 0 Å². The summed E-state index contributed by atoms with van der Waals surface area (Å²) in [6.45, 7) is -0.965. The number of rotatable bonds is 2. The van der Waals surface area contributed by atoms with Crippen LogP contribution >= 0.6 is 15.9 Å². The molecule has 0 aliphatic heterocycles. The van der Waals surface area contributed by atoms with Crippen LogP contribution in [-0.2, 0) is 6.67 Å². The molecule has 0 aromatic carbocycles. The Hall–Kier alpha value is -0.580. The third-order valence-corrected chi connectivity index (χ3v) is 1.77. The summed E-state index contributed by atoms with van der Waals surface area (Å²) in [5.74, 6) is 0. The fourth-order valence-electron chi connectivity index (χ4n) is 0.784. The lowest BCUT2D eigenvalue weighted by molar-refractivity contribution is 0.148. The molecule has 0 saturated carbocycles. The van der Waals surface area contributed by atoms with E-state index in [1.165, 1.54) is 12.3 Å². The van der Waals surface area contributed by atoms with Crippen LogP contribution in [-0.4, -0.2) is 4.98 Å². The summed E-state index contributed by atoms with van der Waals surface area (Å²) < 4.78 is 36.8. The Morgan fingerprint density at radius 3 is 2.67 bits per heavy atom. The van der Waals surface area contributed by atoms with Gasteiger partial charge in [0.1, 0.15) is 6.67 Å². The van der Waals surface area contributed by atoms with Crippen molar-refractivity contribution in [3.05, 3.63) is 28.0 Å². The van der Waals surface area contributed by atoms with Gasteiger partial charge >= 0.3 is 0 Å². The molecule has 1 nitrogen and oxygen atoms in total. The molecule has 0 atom stereocenters. The first-order valence-electron chi connectivity index (χ1n) is 3.13. The molecule has 0 aliphatic carbocycles. The molecule has 1 rings (SSSR count). The maximum Gasteiger partial charge on any atom is 0.265 e. The average molecular weight is 240 g/mol. The predicted octanol–water partition coefficient (Wildman–Crippen LogP) is 3.25. The molecule has 1 aromatic rings. The van der Waals surface area contributed by atoms with Gasteiger partial charge in [-0.25, -0.2) is 13.2 Å². The van der Waals surface area contributed by atoms with Crippen molar-refractivity contribution >= 4 is 15.9 Å². The Kier molecular flexibility index (Phi) is 3.08. The fourth-order valence-corrected chi connectivity index (χ4v) is 1.13. The Labute approximate surface area is 75.7 Å². The van der Waals surface area contributed by atoms with Gasteiger partial charge in [-0.3, -0.25) is 4.98 Å². The van der Waals surface area contributed by atoms with Crippen LogP contribution in [0, 0.1) is 0 Å². The maximum atomic E-state index is 12.2. The van der Waals surface area contributed by atoms with Crippen LogP contribution in [0.15, 0.2) is 16.7 Å². The summed E-state index contributed by atoms with van der Waals surface area (Å²) in [7, 11) is 0. The molecule has 0 aliphatic rings. The Balaban J connectivity index is 3.12. The van der Waals surface area contributed by atoms with Crippen molar-refractivity contribution in [1.82, 2.24) is 4.98 Å². The number of hydrogen-bond donors (Lipinski definition) is 0. The van der Waals surface area contributed by atoms with Gasteiger partial charge in [0.05, 0.1) is 5.69 Å². The van der Waals surface area contributed by atoms with Gasteiger partial charge in [-0.2, -0.15) is 0 Å². The van der Waals surface area contributed by atoms with Crippen molar-refractivity contribution in [2.24, 2.45) is 0 Å². The molecule has 0 unspecified atom stereocenters. The lowest BCUT2D eigenvalue weighted by Crippen LogP contribution is -1.95. The Morgan fingerprint density at radius 2 is 2.17 bits per heavy atom. The zero-order valence-corrected chi connectivity index (χ0v) is 7.48. The van der Waals surface area contributed by atoms with E-state index < -0.39 is 13.1 Å². The number of pyridine rings is 1. The zero-order valence-electron chi connectivity index (χ0n) is 5.90. The highest BCUT2D eigenvalue weighted by Crippen LogP contribution is 2.24. The minimum absolute atomic E-state index is 0.201. The second-order valence-corrected chi connectivity index (χ2v) is 3.04. The van der Waals surface area contributed by atoms with Gasteiger partial charge in [0.15, 0.2) is 0 Å². The number of nitrogens with zero attached hydrogens (tertiary/aromatic N) is 1. The average Bonchev–Trinajstić information content (AvgIpc) is 2.04. The van der Waals surface area contributed by atoms with Crippen LogP contribution in [0.5, 0.6) is 0 Å². The van der Waals surface area contributed by atoms with Crippen molar-refractivity contribution in [3.8, 4) is 0 Å². The molecule has 0 bridgehead atoms. The van der Waals surface area contributed by atoms with Gasteiger partial charge in [-0.15, -0.1) is 0 Å². The van der Waals surface area contributed by atoms with Crippen molar-refractivity contribution < 1.29 is 13.2 Å². The highest BCUT2D eigenvalue weighted by molar-refractivity contribution is 9.10. The van der Waals surface area contributed by atoms with Crippen molar-refractivity contribution in [1.29, 1.82) is 0 Å². The number of hydrogen-bond acceptors (Lipinski definition) is 1. The van der Waals surface area contributed by atoms with Crippen LogP contribution in [0.2, 0.25) is 0 Å². The first-order chi connectivity index (χ1) is 5.65. The zero-order chi connectivity index (χ0) is 9.14. The van der Waals surface area contributed by atoms with E-state index >= 15 is 0 Å². The van der Waals surface area contributed by atoms with Crippen molar-refractivity contribution in [2.75, 3.05) is 0 Å². The minimum Gasteiger partial charge on any atom is -0.257 e. The number of aromatic nitrogens is 1. The van der Waals surface area contributed by atoms with E-state index in [-0.39, 0.29) is 11.3 Å². The van der Waals surface area contributed by atoms with E-state index in [4.69, 9.17) is 0 Å². The van der Waals surface area contributed by atoms with E-state index in [0.29, 0.717) is 4.47 Å². The summed E-state index contributed by atoms with van der Waals surface area (Å²) in [6, 6.07) is 1.17. The van der Waals surface area contributed by atoms with Gasteiger partial charge in [0.25, 0.3) is 6.43 Å². The SMILES string of the molecule is FCc1ncc(Br)cc1C(F)F. The van der Waals surface area contributed by atoms with Crippen LogP contribution in [0.4, 0.5) is 13.2 Å². The molecule has 1 heterocycles.